The van der Waals surface area contributed by atoms with Gasteiger partial charge in [-0.3, -0.25) is 4.90 Å². The second kappa shape index (κ2) is 6.32. The number of nitriles is 1. The molecular weight excluding hydrogens is 333 g/mol. The van der Waals surface area contributed by atoms with Crippen molar-refractivity contribution in [2.75, 3.05) is 26.7 Å². The van der Waals surface area contributed by atoms with E-state index in [1.807, 2.05) is 11.9 Å². The molecule has 0 radical (unpaired) electrons. The molecule has 0 saturated carbocycles. The monoisotopic (exact) mass is 349 g/mol. The highest BCUT2D eigenvalue weighted by Gasteiger charge is 2.35. The number of aromatic nitrogens is 2. The minimum absolute atomic E-state index is 0.172. The lowest BCUT2D eigenvalue weighted by Gasteiger charge is -2.37. The zero-order valence-electron chi connectivity index (χ0n) is 13.0. The molecule has 3 rings (SSSR count). The molecule has 1 atom stereocenters. The van der Waals surface area contributed by atoms with Gasteiger partial charge in [0.25, 0.3) is 0 Å². The molecular formula is C15H16FN5O2S. The predicted molar refractivity (Wildman–Crippen MR) is 83.8 cm³/mol. The van der Waals surface area contributed by atoms with Gasteiger partial charge in [0.05, 0.1) is 11.6 Å². The van der Waals surface area contributed by atoms with Gasteiger partial charge in [-0.2, -0.15) is 9.57 Å². The number of nitrogens with one attached hydrogen (secondary N) is 1. The van der Waals surface area contributed by atoms with Crippen LogP contribution in [-0.4, -0.2) is 54.3 Å². The minimum Gasteiger partial charge on any atom is -0.347 e. The molecule has 1 unspecified atom stereocenters. The SMILES string of the molecule is CN1CCN(S(=O)(=O)c2ccc(F)cc2C#N)CC1c1ncc[nH]1. The number of hydrogen-bond donors (Lipinski definition) is 1. The molecule has 0 spiro atoms. The van der Waals surface area contributed by atoms with Gasteiger partial charge in [0, 0.05) is 32.0 Å². The number of piperazine rings is 1. The van der Waals surface area contributed by atoms with Crippen molar-refractivity contribution in [3.05, 3.63) is 47.8 Å². The van der Waals surface area contributed by atoms with E-state index in [9.17, 15) is 12.8 Å². The second-order valence-electron chi connectivity index (χ2n) is 5.59. The molecule has 9 heteroatoms. The molecule has 126 valence electrons. The van der Waals surface area contributed by atoms with Crippen LogP contribution >= 0.6 is 0 Å². The largest absolute Gasteiger partial charge is 0.347 e. The van der Waals surface area contributed by atoms with Gasteiger partial charge in [0.1, 0.15) is 22.6 Å². The lowest BCUT2D eigenvalue weighted by molar-refractivity contribution is 0.142. The van der Waals surface area contributed by atoms with Crippen LogP contribution < -0.4 is 0 Å². The number of rotatable bonds is 3. The summed E-state index contributed by atoms with van der Waals surface area (Å²) in [7, 11) is -1.99. The third kappa shape index (κ3) is 2.91. The maximum Gasteiger partial charge on any atom is 0.244 e. The Hall–Kier alpha value is -2.28. The number of aromatic amines is 1. The van der Waals surface area contributed by atoms with Gasteiger partial charge >= 0.3 is 0 Å². The Bertz CT molecular complexity index is 876. The first-order valence-corrected chi connectivity index (χ1v) is 8.77. The quantitative estimate of drug-likeness (QED) is 0.896. The van der Waals surface area contributed by atoms with Gasteiger partial charge in [0.2, 0.25) is 10.0 Å². The van der Waals surface area contributed by atoms with Crippen LogP contribution in [0.2, 0.25) is 0 Å². The zero-order valence-corrected chi connectivity index (χ0v) is 13.8. The average Bonchev–Trinajstić information content (AvgIpc) is 3.09. The summed E-state index contributed by atoms with van der Waals surface area (Å²) in [4.78, 5) is 9.05. The molecule has 2 aromatic rings. The number of halogens is 1. The molecule has 0 aliphatic carbocycles. The van der Waals surface area contributed by atoms with Gasteiger partial charge in [0.15, 0.2) is 0 Å². The number of benzene rings is 1. The van der Waals surface area contributed by atoms with Crippen molar-refractivity contribution in [3.63, 3.8) is 0 Å². The van der Waals surface area contributed by atoms with Crippen molar-refractivity contribution in [2.45, 2.75) is 10.9 Å². The van der Waals surface area contributed by atoms with E-state index in [2.05, 4.69) is 9.97 Å². The number of H-pyrrole nitrogens is 1. The zero-order chi connectivity index (χ0) is 17.3. The molecule has 7 nitrogen and oxygen atoms in total. The highest BCUT2D eigenvalue weighted by Crippen LogP contribution is 2.27. The van der Waals surface area contributed by atoms with E-state index in [0.29, 0.717) is 12.4 Å². The molecule has 0 amide bonds. The maximum atomic E-state index is 13.3. The molecule has 1 aliphatic heterocycles. The highest BCUT2D eigenvalue weighted by molar-refractivity contribution is 7.89. The maximum absolute atomic E-state index is 13.3. The number of imidazole rings is 1. The van der Waals surface area contributed by atoms with Crippen LogP contribution in [0.5, 0.6) is 0 Å². The molecule has 1 fully saturated rings. The summed E-state index contributed by atoms with van der Waals surface area (Å²) in [5.74, 6) is 0.0364. The van der Waals surface area contributed by atoms with E-state index < -0.39 is 15.8 Å². The summed E-state index contributed by atoms with van der Waals surface area (Å²) in [6.45, 7) is 1.01. The van der Waals surface area contributed by atoms with E-state index in [1.165, 1.54) is 4.31 Å². The Morgan fingerprint density at radius 3 is 2.88 bits per heavy atom. The normalized spacial score (nSPS) is 20.0. The molecule has 2 heterocycles. The predicted octanol–water partition coefficient (Wildman–Crippen LogP) is 1.10. The van der Waals surface area contributed by atoms with Crippen LogP contribution in [0.25, 0.3) is 0 Å². The van der Waals surface area contributed by atoms with Crippen molar-refractivity contribution in [1.29, 1.82) is 5.26 Å². The molecule has 1 aromatic carbocycles. The Kier molecular flexibility index (Phi) is 4.36. The fourth-order valence-corrected chi connectivity index (χ4v) is 4.34. The first-order chi connectivity index (χ1) is 11.4. The van der Waals surface area contributed by atoms with Crippen LogP contribution in [0.3, 0.4) is 0 Å². The van der Waals surface area contributed by atoms with Crippen molar-refractivity contribution in [2.24, 2.45) is 0 Å². The summed E-state index contributed by atoms with van der Waals surface area (Å²) in [6, 6.07) is 4.67. The topological polar surface area (TPSA) is 93.1 Å². The van der Waals surface area contributed by atoms with Gasteiger partial charge < -0.3 is 4.98 Å². The fraction of sp³-hybridized carbons (Fsp3) is 0.333. The van der Waals surface area contributed by atoms with Gasteiger partial charge in [-0.05, 0) is 25.2 Å². The third-order valence-corrected chi connectivity index (χ3v) is 6.05. The third-order valence-electron chi connectivity index (χ3n) is 4.13. The van der Waals surface area contributed by atoms with Crippen molar-refractivity contribution in [1.82, 2.24) is 19.2 Å². The Morgan fingerprint density at radius 2 is 2.21 bits per heavy atom. The van der Waals surface area contributed by atoms with Gasteiger partial charge in [-0.15, -0.1) is 0 Å². The Balaban J connectivity index is 1.95. The van der Waals surface area contributed by atoms with Crippen molar-refractivity contribution >= 4 is 10.0 Å². The minimum atomic E-state index is -3.89. The Morgan fingerprint density at radius 1 is 1.42 bits per heavy atom. The first kappa shape index (κ1) is 16.6. The van der Waals surface area contributed by atoms with E-state index in [0.717, 1.165) is 18.2 Å². The van der Waals surface area contributed by atoms with E-state index in [4.69, 9.17) is 5.26 Å². The number of sulfonamides is 1. The van der Waals surface area contributed by atoms with Crippen LogP contribution in [0.4, 0.5) is 4.39 Å². The molecule has 1 aliphatic rings. The standard InChI is InChI=1S/C15H16FN5O2S/c1-20-6-7-21(10-13(20)15-18-4-5-19-15)24(22,23)14-3-2-12(16)8-11(14)9-17/h2-5,8,13H,6-7,10H2,1H3,(H,18,19). The number of hydrogen-bond acceptors (Lipinski definition) is 5. The van der Waals surface area contributed by atoms with Crippen LogP contribution in [-0.2, 0) is 10.0 Å². The highest BCUT2D eigenvalue weighted by atomic mass is 32.2. The van der Waals surface area contributed by atoms with E-state index in [-0.39, 0.29) is 29.6 Å². The van der Waals surface area contributed by atoms with Crippen LogP contribution in [0.15, 0.2) is 35.5 Å². The molecule has 1 aromatic heterocycles. The fourth-order valence-electron chi connectivity index (χ4n) is 2.78. The summed E-state index contributed by atoms with van der Waals surface area (Å²) in [6.07, 6.45) is 3.30. The van der Waals surface area contributed by atoms with E-state index in [1.54, 1.807) is 18.5 Å². The Labute approximate surface area is 139 Å². The summed E-state index contributed by atoms with van der Waals surface area (Å²) < 4.78 is 40.4. The smallest absolute Gasteiger partial charge is 0.244 e. The first-order valence-electron chi connectivity index (χ1n) is 7.33. The molecule has 0 bridgehead atoms. The molecule has 1 N–H and O–H groups in total. The van der Waals surface area contributed by atoms with E-state index >= 15 is 0 Å². The lowest BCUT2D eigenvalue weighted by atomic mass is 10.2. The van der Waals surface area contributed by atoms with Gasteiger partial charge in [-0.1, -0.05) is 0 Å². The number of nitrogens with zero attached hydrogens (tertiary/aromatic N) is 4. The lowest BCUT2D eigenvalue weighted by Crippen LogP contribution is -2.49. The van der Waals surface area contributed by atoms with Crippen LogP contribution in [0, 0.1) is 17.1 Å². The van der Waals surface area contributed by atoms with Crippen molar-refractivity contribution in [3.8, 4) is 6.07 Å². The summed E-state index contributed by atoms with van der Waals surface area (Å²) >= 11 is 0. The average molecular weight is 349 g/mol. The summed E-state index contributed by atoms with van der Waals surface area (Å²) in [5.41, 5.74) is -0.191. The molecule has 24 heavy (non-hydrogen) atoms. The van der Waals surface area contributed by atoms with Crippen molar-refractivity contribution < 1.29 is 12.8 Å². The molecule has 1 saturated heterocycles. The second-order valence-corrected chi connectivity index (χ2v) is 7.49. The van der Waals surface area contributed by atoms with Gasteiger partial charge in [-0.25, -0.2) is 17.8 Å². The van der Waals surface area contributed by atoms with Crippen LogP contribution in [0.1, 0.15) is 17.4 Å². The summed E-state index contributed by atoms with van der Waals surface area (Å²) in [5, 5.41) is 9.13. The number of likely N-dealkylation sites (N-methyl/N-ethyl adjacent to an activating group) is 1.